The molecule has 4 aromatic rings. The van der Waals surface area contributed by atoms with Gasteiger partial charge in [-0.1, -0.05) is 46.3 Å². The average molecular weight is 448 g/mol. The standard InChI is InChI=1S/C22H14BrN3O3/c23-16-9-11-18(12-10-16)29-22-21(24-19-6-1-2-7-20(19)25-22)13-8-15-4-3-5-17(14-15)26(27)28/h1-14H/b13-8-. The van der Waals surface area contributed by atoms with Gasteiger partial charge in [0.25, 0.3) is 5.69 Å². The number of nitro groups is 1. The van der Waals surface area contributed by atoms with Crippen LogP contribution in [0, 0.1) is 10.1 Å². The number of fused-ring (bicyclic) bond motifs is 1. The van der Waals surface area contributed by atoms with Crippen molar-refractivity contribution in [2.24, 2.45) is 0 Å². The van der Waals surface area contributed by atoms with Crippen LogP contribution in [0.15, 0.2) is 77.3 Å². The van der Waals surface area contributed by atoms with Crippen LogP contribution >= 0.6 is 15.9 Å². The lowest BCUT2D eigenvalue weighted by Gasteiger charge is -2.09. The summed E-state index contributed by atoms with van der Waals surface area (Å²) in [6.07, 6.45) is 3.49. The topological polar surface area (TPSA) is 78.2 Å². The van der Waals surface area contributed by atoms with E-state index in [4.69, 9.17) is 4.74 Å². The van der Waals surface area contributed by atoms with E-state index in [9.17, 15) is 10.1 Å². The summed E-state index contributed by atoms with van der Waals surface area (Å²) in [4.78, 5) is 19.8. The Kier molecular flexibility index (Phi) is 5.31. The Morgan fingerprint density at radius 1 is 0.897 bits per heavy atom. The minimum atomic E-state index is -0.421. The number of nitro benzene ring substituents is 1. The highest BCUT2D eigenvalue weighted by Crippen LogP contribution is 2.27. The SMILES string of the molecule is O=[N+]([O-])c1cccc(/C=C\c2nc3ccccc3nc2Oc2ccc(Br)cc2)c1. The van der Waals surface area contributed by atoms with Crippen molar-refractivity contribution in [1.29, 1.82) is 0 Å². The first-order chi connectivity index (χ1) is 14.1. The summed E-state index contributed by atoms with van der Waals surface area (Å²) in [6, 6.07) is 21.3. The lowest BCUT2D eigenvalue weighted by atomic mass is 10.2. The molecule has 6 nitrogen and oxygen atoms in total. The summed E-state index contributed by atoms with van der Waals surface area (Å²) < 4.78 is 6.91. The van der Waals surface area contributed by atoms with Crippen molar-refractivity contribution in [3.63, 3.8) is 0 Å². The molecule has 0 unspecified atom stereocenters. The predicted octanol–water partition coefficient (Wildman–Crippen LogP) is 6.26. The average Bonchev–Trinajstić information content (AvgIpc) is 2.74. The summed E-state index contributed by atoms with van der Waals surface area (Å²) in [5, 5.41) is 11.0. The quantitative estimate of drug-likeness (QED) is 0.266. The molecule has 1 aromatic heterocycles. The van der Waals surface area contributed by atoms with E-state index < -0.39 is 4.92 Å². The maximum Gasteiger partial charge on any atom is 0.270 e. The highest BCUT2D eigenvalue weighted by atomic mass is 79.9. The molecule has 0 radical (unpaired) electrons. The summed E-state index contributed by atoms with van der Waals surface area (Å²) in [5.41, 5.74) is 2.69. The van der Waals surface area contributed by atoms with Gasteiger partial charge in [-0.2, -0.15) is 0 Å². The lowest BCUT2D eigenvalue weighted by molar-refractivity contribution is -0.384. The number of halogens is 1. The Balaban J connectivity index is 1.74. The number of aromatic nitrogens is 2. The number of para-hydroxylation sites is 2. The van der Waals surface area contributed by atoms with Crippen LogP contribution in [0.5, 0.6) is 11.6 Å². The molecule has 29 heavy (non-hydrogen) atoms. The van der Waals surface area contributed by atoms with E-state index in [-0.39, 0.29) is 5.69 Å². The van der Waals surface area contributed by atoms with E-state index >= 15 is 0 Å². The Morgan fingerprint density at radius 2 is 1.62 bits per heavy atom. The van der Waals surface area contributed by atoms with E-state index in [1.165, 1.54) is 12.1 Å². The third-order valence-electron chi connectivity index (χ3n) is 4.11. The summed E-state index contributed by atoms with van der Waals surface area (Å²) in [5.74, 6) is 0.982. The zero-order valence-corrected chi connectivity index (χ0v) is 16.6. The Morgan fingerprint density at radius 3 is 2.34 bits per heavy atom. The third-order valence-corrected chi connectivity index (χ3v) is 4.64. The van der Waals surface area contributed by atoms with Crippen molar-refractivity contribution in [3.05, 3.63) is 98.6 Å². The fourth-order valence-electron chi connectivity index (χ4n) is 2.71. The van der Waals surface area contributed by atoms with Crippen LogP contribution in [0.3, 0.4) is 0 Å². The van der Waals surface area contributed by atoms with Crippen LogP contribution in [-0.2, 0) is 0 Å². The van der Waals surface area contributed by atoms with E-state index in [0.717, 1.165) is 9.99 Å². The fourth-order valence-corrected chi connectivity index (χ4v) is 2.98. The fraction of sp³-hybridized carbons (Fsp3) is 0. The molecule has 0 N–H and O–H groups in total. The third kappa shape index (κ3) is 4.47. The molecule has 0 aliphatic rings. The molecule has 0 aliphatic carbocycles. The number of hydrogen-bond donors (Lipinski definition) is 0. The molecule has 0 bridgehead atoms. The van der Waals surface area contributed by atoms with Gasteiger partial charge >= 0.3 is 0 Å². The van der Waals surface area contributed by atoms with Gasteiger partial charge in [-0.25, -0.2) is 9.97 Å². The summed E-state index contributed by atoms with van der Waals surface area (Å²) in [7, 11) is 0. The Bertz CT molecular complexity index is 1220. The van der Waals surface area contributed by atoms with Gasteiger partial charge < -0.3 is 4.74 Å². The predicted molar refractivity (Wildman–Crippen MR) is 116 cm³/mol. The van der Waals surface area contributed by atoms with Crippen molar-refractivity contribution in [2.45, 2.75) is 0 Å². The number of ether oxygens (including phenoxy) is 1. The molecule has 0 atom stereocenters. The zero-order valence-electron chi connectivity index (χ0n) is 15.0. The molecule has 0 amide bonds. The van der Waals surface area contributed by atoms with Gasteiger partial charge in [0, 0.05) is 16.6 Å². The molecule has 0 fully saturated rings. The monoisotopic (exact) mass is 447 g/mol. The molecule has 3 aromatic carbocycles. The minimum absolute atomic E-state index is 0.0306. The number of rotatable bonds is 5. The first-order valence-corrected chi connectivity index (χ1v) is 9.50. The molecular formula is C22H14BrN3O3. The molecule has 0 saturated carbocycles. The highest BCUT2D eigenvalue weighted by molar-refractivity contribution is 9.10. The number of nitrogens with zero attached hydrogens (tertiary/aromatic N) is 3. The lowest BCUT2D eigenvalue weighted by Crippen LogP contribution is -1.96. The normalized spacial score (nSPS) is 11.1. The maximum absolute atomic E-state index is 11.0. The van der Waals surface area contributed by atoms with Crippen LogP contribution in [0.2, 0.25) is 0 Å². The Hall–Kier alpha value is -3.58. The molecule has 0 aliphatic heterocycles. The van der Waals surface area contributed by atoms with Crippen molar-refractivity contribution < 1.29 is 9.66 Å². The van der Waals surface area contributed by atoms with E-state index in [1.54, 1.807) is 24.3 Å². The van der Waals surface area contributed by atoms with Crippen LogP contribution in [-0.4, -0.2) is 14.9 Å². The van der Waals surface area contributed by atoms with E-state index in [0.29, 0.717) is 28.4 Å². The summed E-state index contributed by atoms with van der Waals surface area (Å²) in [6.45, 7) is 0. The molecule has 4 rings (SSSR count). The zero-order chi connectivity index (χ0) is 20.2. The van der Waals surface area contributed by atoms with Crippen molar-refractivity contribution >= 4 is 44.8 Å². The first-order valence-electron chi connectivity index (χ1n) is 8.71. The molecule has 142 valence electrons. The number of benzene rings is 3. The minimum Gasteiger partial charge on any atom is -0.437 e. The van der Waals surface area contributed by atoms with Gasteiger partial charge in [-0.15, -0.1) is 0 Å². The highest BCUT2D eigenvalue weighted by Gasteiger charge is 2.10. The Labute approximate surface area is 174 Å². The van der Waals surface area contributed by atoms with E-state index in [1.807, 2.05) is 48.5 Å². The van der Waals surface area contributed by atoms with E-state index in [2.05, 4.69) is 25.9 Å². The van der Waals surface area contributed by atoms with Gasteiger partial charge in [0.1, 0.15) is 11.4 Å². The van der Waals surface area contributed by atoms with Gasteiger partial charge in [0.2, 0.25) is 5.88 Å². The van der Waals surface area contributed by atoms with Crippen LogP contribution < -0.4 is 4.74 Å². The van der Waals surface area contributed by atoms with Crippen LogP contribution in [0.4, 0.5) is 5.69 Å². The molecule has 7 heteroatoms. The smallest absolute Gasteiger partial charge is 0.270 e. The van der Waals surface area contributed by atoms with Crippen molar-refractivity contribution in [2.75, 3.05) is 0 Å². The van der Waals surface area contributed by atoms with Gasteiger partial charge in [-0.05, 0) is 48.0 Å². The van der Waals surface area contributed by atoms with Crippen LogP contribution in [0.25, 0.3) is 23.2 Å². The molecule has 1 heterocycles. The van der Waals surface area contributed by atoms with Crippen LogP contribution in [0.1, 0.15) is 11.3 Å². The van der Waals surface area contributed by atoms with Gasteiger partial charge in [-0.3, -0.25) is 10.1 Å². The van der Waals surface area contributed by atoms with Gasteiger partial charge in [0.15, 0.2) is 0 Å². The number of hydrogen-bond acceptors (Lipinski definition) is 5. The molecule has 0 spiro atoms. The maximum atomic E-state index is 11.0. The largest absolute Gasteiger partial charge is 0.437 e. The number of non-ortho nitro benzene ring substituents is 1. The second-order valence-corrected chi connectivity index (χ2v) is 7.06. The second-order valence-electron chi connectivity index (χ2n) is 6.14. The second kappa shape index (κ2) is 8.20. The molecular weight excluding hydrogens is 434 g/mol. The van der Waals surface area contributed by atoms with Crippen molar-refractivity contribution in [1.82, 2.24) is 9.97 Å². The first kappa shape index (κ1) is 18.8. The summed E-state index contributed by atoms with van der Waals surface area (Å²) >= 11 is 3.40. The molecule has 0 saturated heterocycles. The van der Waals surface area contributed by atoms with Gasteiger partial charge in [0.05, 0.1) is 16.0 Å². The van der Waals surface area contributed by atoms with Crippen molar-refractivity contribution in [3.8, 4) is 11.6 Å².